The fraction of sp³-hybridized carbons (Fsp3) is 0.938. The van der Waals surface area contributed by atoms with E-state index >= 15 is 0 Å². The highest BCUT2D eigenvalue weighted by Crippen LogP contribution is 2.19. The maximum Gasteiger partial charge on any atom is 0.305 e. The minimum absolute atomic E-state index is 0.0231. The highest BCUT2D eigenvalue weighted by Gasteiger charge is 2.18. The van der Waals surface area contributed by atoms with Crippen molar-refractivity contribution in [2.24, 2.45) is 0 Å². The number of nitrogens with one attached hydrogen (secondary N) is 1. The van der Waals surface area contributed by atoms with Gasteiger partial charge >= 0.3 is 5.97 Å². The molecule has 6 nitrogen and oxygen atoms in total. The van der Waals surface area contributed by atoms with Crippen LogP contribution in [0.1, 0.15) is 367 Å². The summed E-state index contributed by atoms with van der Waals surface area (Å²) in [6.07, 6.45) is 74.3. The van der Waals surface area contributed by atoms with Crippen molar-refractivity contribution in [3.63, 3.8) is 0 Å². The van der Waals surface area contributed by atoms with Crippen molar-refractivity contribution in [2.45, 2.75) is 379 Å². The van der Waals surface area contributed by atoms with Gasteiger partial charge in [-0.1, -0.05) is 334 Å². The zero-order valence-corrected chi connectivity index (χ0v) is 48.2. The van der Waals surface area contributed by atoms with Crippen molar-refractivity contribution >= 4 is 11.9 Å². The Balaban J connectivity index is 3.29. The van der Waals surface area contributed by atoms with Crippen molar-refractivity contribution in [3.8, 4) is 0 Å². The van der Waals surface area contributed by atoms with E-state index in [2.05, 4.69) is 19.2 Å². The monoisotopic (exact) mass is 1000 g/mol. The molecule has 2 unspecified atom stereocenters. The van der Waals surface area contributed by atoms with Crippen LogP contribution in [0.3, 0.4) is 0 Å². The normalized spacial score (nSPS) is 12.6. The smallest absolute Gasteiger partial charge is 0.305 e. The third-order valence-corrected chi connectivity index (χ3v) is 15.3. The first-order valence-electron chi connectivity index (χ1n) is 32.5. The van der Waals surface area contributed by atoms with E-state index in [0.717, 1.165) is 38.5 Å². The third-order valence-electron chi connectivity index (χ3n) is 15.3. The molecule has 1 amide bonds. The van der Waals surface area contributed by atoms with E-state index < -0.39 is 12.1 Å². The van der Waals surface area contributed by atoms with Gasteiger partial charge in [-0.05, 0) is 32.1 Å². The van der Waals surface area contributed by atoms with E-state index in [-0.39, 0.29) is 18.5 Å². The lowest BCUT2D eigenvalue weighted by atomic mass is 10.0. The van der Waals surface area contributed by atoms with E-state index in [1.165, 1.54) is 302 Å². The van der Waals surface area contributed by atoms with Crippen LogP contribution in [0.5, 0.6) is 0 Å². The molecule has 6 heteroatoms. The Morgan fingerprint density at radius 1 is 0.380 bits per heavy atom. The maximum absolute atomic E-state index is 12.4. The quantitative estimate of drug-likeness (QED) is 0.0320. The zero-order chi connectivity index (χ0) is 51.4. The molecule has 0 fully saturated rings. The molecule has 3 N–H and O–H groups in total. The van der Waals surface area contributed by atoms with Crippen molar-refractivity contribution in [2.75, 3.05) is 13.2 Å². The first-order chi connectivity index (χ1) is 35.0. The predicted molar refractivity (Wildman–Crippen MR) is 310 cm³/mol. The minimum atomic E-state index is -0.838. The fourth-order valence-electron chi connectivity index (χ4n) is 10.3. The van der Waals surface area contributed by atoms with Gasteiger partial charge in [0.05, 0.1) is 25.4 Å². The lowest BCUT2D eigenvalue weighted by Gasteiger charge is -2.20. The zero-order valence-electron chi connectivity index (χ0n) is 48.2. The van der Waals surface area contributed by atoms with Crippen LogP contribution < -0.4 is 5.32 Å². The van der Waals surface area contributed by atoms with E-state index in [1.54, 1.807) is 6.08 Å². The van der Waals surface area contributed by atoms with Crippen LogP contribution in [0.25, 0.3) is 0 Å². The van der Waals surface area contributed by atoms with Gasteiger partial charge in [0.2, 0.25) is 5.91 Å². The number of aliphatic hydroxyl groups is 2. The lowest BCUT2D eigenvalue weighted by molar-refractivity contribution is -0.143. The van der Waals surface area contributed by atoms with Gasteiger partial charge in [-0.15, -0.1) is 0 Å². The molecule has 0 aromatic carbocycles. The molecular weight excluding hydrogens is 875 g/mol. The molecule has 0 aliphatic rings. The second kappa shape index (κ2) is 61.1. The highest BCUT2D eigenvalue weighted by molar-refractivity contribution is 5.76. The third kappa shape index (κ3) is 57.7. The molecule has 0 heterocycles. The summed E-state index contributed by atoms with van der Waals surface area (Å²) in [6.45, 7) is 4.91. The van der Waals surface area contributed by atoms with Crippen molar-refractivity contribution in [1.82, 2.24) is 5.32 Å². The number of carbonyl (C=O) groups is 2. The predicted octanol–water partition coefficient (Wildman–Crippen LogP) is 20.4. The van der Waals surface area contributed by atoms with Crippen molar-refractivity contribution < 1.29 is 24.5 Å². The van der Waals surface area contributed by atoms with Gasteiger partial charge in [-0.2, -0.15) is 0 Å². The van der Waals surface area contributed by atoms with Crippen LogP contribution in [-0.4, -0.2) is 47.4 Å². The number of hydrogen-bond donors (Lipinski definition) is 3. The SMILES string of the molecule is CCCCCCCCC/C=C/C(O)C(CO)NC(=O)CCCCCCCCCCCCCCCCCCCCCCCCCCCCCCCOC(=O)CCCCCCCCCCCCCCCCCC. The lowest BCUT2D eigenvalue weighted by Crippen LogP contribution is -2.45. The van der Waals surface area contributed by atoms with Gasteiger partial charge in [0.15, 0.2) is 0 Å². The summed E-state index contributed by atoms with van der Waals surface area (Å²) in [7, 11) is 0. The summed E-state index contributed by atoms with van der Waals surface area (Å²) >= 11 is 0. The number of carbonyl (C=O) groups excluding carboxylic acids is 2. The van der Waals surface area contributed by atoms with Gasteiger partial charge in [-0.25, -0.2) is 0 Å². The van der Waals surface area contributed by atoms with Crippen LogP contribution in [0.2, 0.25) is 0 Å². The Kier molecular flexibility index (Phi) is 59.9. The molecule has 0 aromatic rings. The molecule has 0 radical (unpaired) electrons. The second-order valence-electron chi connectivity index (χ2n) is 22.5. The Labute approximate surface area is 444 Å². The first kappa shape index (κ1) is 69.6. The standard InChI is InChI=1S/C65H127NO5/c1-3-5-7-9-11-13-14-15-16-33-36-39-43-47-51-55-59-65(70)71-60-56-52-48-44-40-37-34-31-29-27-25-23-21-19-17-18-20-22-24-26-28-30-32-35-38-42-46-50-54-58-64(69)66-62(61-67)63(68)57-53-49-45-41-12-10-8-6-4-2/h53,57,62-63,67-68H,3-52,54-56,58-61H2,1-2H3,(H,66,69)/b57-53+. The number of unbranched alkanes of at least 4 members (excludes halogenated alkanes) is 50. The number of ether oxygens (including phenoxy) is 1. The summed E-state index contributed by atoms with van der Waals surface area (Å²) in [5.74, 6) is -0.0424. The summed E-state index contributed by atoms with van der Waals surface area (Å²) in [5.41, 5.74) is 0. The molecule has 0 aliphatic carbocycles. The maximum atomic E-state index is 12.4. The van der Waals surface area contributed by atoms with Crippen LogP contribution in [-0.2, 0) is 14.3 Å². The molecule has 2 atom stereocenters. The van der Waals surface area contributed by atoms with E-state index in [1.807, 2.05) is 6.08 Å². The number of amides is 1. The van der Waals surface area contributed by atoms with Crippen LogP contribution in [0.4, 0.5) is 0 Å². The Bertz CT molecular complexity index is 1060. The van der Waals surface area contributed by atoms with Crippen molar-refractivity contribution in [3.05, 3.63) is 12.2 Å². The molecule has 0 aromatic heterocycles. The number of allylic oxidation sites excluding steroid dienone is 1. The number of hydrogen-bond acceptors (Lipinski definition) is 5. The Morgan fingerprint density at radius 2 is 0.648 bits per heavy atom. The average molecular weight is 1000 g/mol. The number of rotatable bonds is 61. The average Bonchev–Trinajstić information content (AvgIpc) is 3.37. The molecule has 0 aliphatic heterocycles. The number of esters is 1. The summed E-state index contributed by atoms with van der Waals surface area (Å²) < 4.78 is 5.50. The van der Waals surface area contributed by atoms with E-state index in [0.29, 0.717) is 19.4 Å². The van der Waals surface area contributed by atoms with Crippen molar-refractivity contribution in [1.29, 1.82) is 0 Å². The molecule has 0 bridgehead atoms. The Morgan fingerprint density at radius 3 is 0.958 bits per heavy atom. The van der Waals surface area contributed by atoms with E-state index in [4.69, 9.17) is 4.74 Å². The molecule has 71 heavy (non-hydrogen) atoms. The molecule has 0 spiro atoms. The van der Waals surface area contributed by atoms with Gasteiger partial charge in [0.25, 0.3) is 0 Å². The first-order valence-corrected chi connectivity index (χ1v) is 32.5. The summed E-state index contributed by atoms with van der Waals surface area (Å²) in [4.78, 5) is 24.5. The number of aliphatic hydroxyl groups excluding tert-OH is 2. The van der Waals surface area contributed by atoms with Crippen LogP contribution >= 0.6 is 0 Å². The molecular formula is C65H127NO5. The van der Waals surface area contributed by atoms with Gasteiger partial charge in [0, 0.05) is 12.8 Å². The second-order valence-corrected chi connectivity index (χ2v) is 22.5. The van der Waals surface area contributed by atoms with Crippen LogP contribution in [0, 0.1) is 0 Å². The Hall–Kier alpha value is -1.40. The van der Waals surface area contributed by atoms with Gasteiger partial charge in [-0.3, -0.25) is 9.59 Å². The molecule has 0 saturated heterocycles. The van der Waals surface area contributed by atoms with Gasteiger partial charge < -0.3 is 20.3 Å². The molecule has 422 valence electrons. The van der Waals surface area contributed by atoms with Crippen LogP contribution in [0.15, 0.2) is 12.2 Å². The fourth-order valence-corrected chi connectivity index (χ4v) is 10.3. The highest BCUT2D eigenvalue weighted by atomic mass is 16.5. The minimum Gasteiger partial charge on any atom is -0.466 e. The topological polar surface area (TPSA) is 95.9 Å². The summed E-state index contributed by atoms with van der Waals surface area (Å²) in [5, 5.41) is 23.0. The molecule has 0 saturated carbocycles. The summed E-state index contributed by atoms with van der Waals surface area (Å²) in [6, 6.07) is -0.622. The van der Waals surface area contributed by atoms with Gasteiger partial charge in [0.1, 0.15) is 0 Å². The largest absolute Gasteiger partial charge is 0.466 e. The molecule has 0 rings (SSSR count). The van der Waals surface area contributed by atoms with E-state index in [9.17, 15) is 19.8 Å².